The SMILES string of the molecule is CCNC(=NCc1ccc(N2CC(C)OC(C)C2)nc1)NCCc1csc(C)n1.I. The van der Waals surface area contributed by atoms with Gasteiger partial charge < -0.3 is 20.3 Å². The third-order valence-electron chi connectivity index (χ3n) is 4.66. The molecular formula is C21H33IN6OS. The van der Waals surface area contributed by atoms with Gasteiger partial charge in [0.1, 0.15) is 5.82 Å². The molecule has 0 spiro atoms. The molecule has 3 heterocycles. The Labute approximate surface area is 200 Å². The number of nitrogens with zero attached hydrogens (tertiary/aromatic N) is 4. The first-order valence-electron chi connectivity index (χ1n) is 10.3. The van der Waals surface area contributed by atoms with E-state index < -0.39 is 0 Å². The molecule has 0 aromatic carbocycles. The average molecular weight is 545 g/mol. The van der Waals surface area contributed by atoms with Crippen molar-refractivity contribution in [3.8, 4) is 0 Å². The standard InChI is InChI=1S/C21H32N6OS.HI/c1-5-22-21(23-9-8-19-14-29-17(4)26-19)25-11-18-6-7-20(24-10-18)27-12-15(2)28-16(3)13-27;/h6-7,10,14-16H,5,8-9,11-13H2,1-4H3,(H2,22,23,25);1H. The summed E-state index contributed by atoms with van der Waals surface area (Å²) in [6, 6.07) is 4.19. The van der Waals surface area contributed by atoms with Crippen LogP contribution in [0.25, 0.3) is 0 Å². The molecule has 1 aliphatic rings. The van der Waals surface area contributed by atoms with E-state index in [-0.39, 0.29) is 36.2 Å². The minimum absolute atomic E-state index is 0. The van der Waals surface area contributed by atoms with Gasteiger partial charge in [-0.2, -0.15) is 0 Å². The smallest absolute Gasteiger partial charge is 0.191 e. The van der Waals surface area contributed by atoms with E-state index >= 15 is 0 Å². The van der Waals surface area contributed by atoms with E-state index in [0.29, 0.717) is 6.54 Å². The molecule has 166 valence electrons. The molecule has 2 aromatic rings. The lowest BCUT2D eigenvalue weighted by molar-refractivity contribution is -0.00545. The number of morpholine rings is 1. The molecule has 1 saturated heterocycles. The van der Waals surface area contributed by atoms with Gasteiger partial charge in [-0.15, -0.1) is 35.3 Å². The molecule has 0 bridgehead atoms. The van der Waals surface area contributed by atoms with E-state index in [0.717, 1.165) is 60.6 Å². The summed E-state index contributed by atoms with van der Waals surface area (Å²) in [6.07, 6.45) is 3.27. The highest BCUT2D eigenvalue weighted by Crippen LogP contribution is 2.18. The molecule has 2 N–H and O–H groups in total. The third-order valence-corrected chi connectivity index (χ3v) is 5.48. The maximum atomic E-state index is 5.81. The van der Waals surface area contributed by atoms with Gasteiger partial charge in [0.05, 0.1) is 29.5 Å². The van der Waals surface area contributed by atoms with Crippen LogP contribution < -0.4 is 15.5 Å². The van der Waals surface area contributed by atoms with Crippen LogP contribution >= 0.6 is 35.3 Å². The zero-order chi connectivity index (χ0) is 20.6. The molecule has 7 nitrogen and oxygen atoms in total. The molecule has 2 aromatic heterocycles. The van der Waals surface area contributed by atoms with Crippen molar-refractivity contribution in [2.45, 2.75) is 52.9 Å². The number of anilines is 1. The summed E-state index contributed by atoms with van der Waals surface area (Å²) in [6.45, 7) is 12.3. The Balaban J connectivity index is 0.00000320. The molecule has 0 amide bonds. The van der Waals surface area contributed by atoms with Crippen molar-refractivity contribution in [2.75, 3.05) is 31.1 Å². The normalized spacial score (nSPS) is 19.3. The number of ether oxygens (including phenoxy) is 1. The fourth-order valence-corrected chi connectivity index (χ4v) is 4.05. The van der Waals surface area contributed by atoms with E-state index in [1.165, 1.54) is 0 Å². The van der Waals surface area contributed by atoms with Gasteiger partial charge in [0, 0.05) is 44.2 Å². The number of aryl methyl sites for hydroxylation is 1. The molecule has 9 heteroatoms. The van der Waals surface area contributed by atoms with E-state index in [4.69, 9.17) is 4.74 Å². The number of thiazole rings is 1. The number of hydrogen-bond donors (Lipinski definition) is 2. The Kier molecular flexibility index (Phi) is 10.3. The van der Waals surface area contributed by atoms with Crippen molar-refractivity contribution in [1.82, 2.24) is 20.6 Å². The van der Waals surface area contributed by atoms with Gasteiger partial charge in [-0.05, 0) is 39.3 Å². The quantitative estimate of drug-likeness (QED) is 0.317. The maximum absolute atomic E-state index is 5.81. The predicted molar refractivity (Wildman–Crippen MR) is 135 cm³/mol. The van der Waals surface area contributed by atoms with Crippen LogP contribution in [-0.4, -0.2) is 54.3 Å². The van der Waals surface area contributed by atoms with Crippen molar-refractivity contribution in [1.29, 1.82) is 0 Å². The molecule has 30 heavy (non-hydrogen) atoms. The van der Waals surface area contributed by atoms with Gasteiger partial charge >= 0.3 is 0 Å². The molecule has 2 atom stereocenters. The summed E-state index contributed by atoms with van der Waals surface area (Å²) < 4.78 is 5.81. The Morgan fingerprint density at radius 1 is 1.27 bits per heavy atom. The summed E-state index contributed by atoms with van der Waals surface area (Å²) in [5, 5.41) is 9.90. The second kappa shape index (κ2) is 12.4. The monoisotopic (exact) mass is 544 g/mol. The summed E-state index contributed by atoms with van der Waals surface area (Å²) in [5.41, 5.74) is 2.22. The Morgan fingerprint density at radius 2 is 2.03 bits per heavy atom. The largest absolute Gasteiger partial charge is 0.372 e. The fourth-order valence-electron chi connectivity index (χ4n) is 3.41. The van der Waals surface area contributed by atoms with Crippen LogP contribution in [0.15, 0.2) is 28.7 Å². The van der Waals surface area contributed by atoms with Crippen LogP contribution in [0.5, 0.6) is 0 Å². The van der Waals surface area contributed by atoms with Crippen molar-refractivity contribution in [3.63, 3.8) is 0 Å². The molecule has 3 rings (SSSR count). The van der Waals surface area contributed by atoms with Gasteiger partial charge in [-0.1, -0.05) is 6.07 Å². The number of aromatic nitrogens is 2. The van der Waals surface area contributed by atoms with Crippen LogP contribution in [0, 0.1) is 6.92 Å². The molecule has 1 fully saturated rings. The summed E-state index contributed by atoms with van der Waals surface area (Å²) >= 11 is 1.69. The average Bonchev–Trinajstić information content (AvgIpc) is 3.11. The molecule has 0 aliphatic carbocycles. The highest BCUT2D eigenvalue weighted by Gasteiger charge is 2.22. The van der Waals surface area contributed by atoms with Crippen molar-refractivity contribution in [2.24, 2.45) is 4.99 Å². The molecule has 1 aliphatic heterocycles. The van der Waals surface area contributed by atoms with Crippen LogP contribution in [0.1, 0.15) is 37.0 Å². The molecular weight excluding hydrogens is 511 g/mol. The van der Waals surface area contributed by atoms with Gasteiger partial charge in [-0.3, -0.25) is 0 Å². The van der Waals surface area contributed by atoms with E-state index in [1.807, 2.05) is 13.1 Å². The zero-order valence-electron chi connectivity index (χ0n) is 18.2. The van der Waals surface area contributed by atoms with Crippen molar-refractivity contribution in [3.05, 3.63) is 40.0 Å². The van der Waals surface area contributed by atoms with Crippen LogP contribution in [0.3, 0.4) is 0 Å². The van der Waals surface area contributed by atoms with Crippen molar-refractivity contribution < 1.29 is 4.74 Å². The van der Waals surface area contributed by atoms with Gasteiger partial charge in [-0.25, -0.2) is 15.0 Å². The van der Waals surface area contributed by atoms with E-state index in [9.17, 15) is 0 Å². The number of halogens is 1. The highest BCUT2D eigenvalue weighted by molar-refractivity contribution is 14.0. The minimum atomic E-state index is 0. The first kappa shape index (κ1) is 24.8. The fraction of sp³-hybridized carbons (Fsp3) is 0.571. The van der Waals surface area contributed by atoms with Gasteiger partial charge in [0.25, 0.3) is 0 Å². The van der Waals surface area contributed by atoms with E-state index in [1.54, 1.807) is 11.3 Å². The Hall–Kier alpha value is -1.46. The van der Waals surface area contributed by atoms with Gasteiger partial charge in [0.15, 0.2) is 5.96 Å². The first-order valence-corrected chi connectivity index (χ1v) is 11.2. The summed E-state index contributed by atoms with van der Waals surface area (Å²) in [7, 11) is 0. The van der Waals surface area contributed by atoms with E-state index in [2.05, 4.69) is 68.8 Å². The zero-order valence-corrected chi connectivity index (χ0v) is 21.4. The minimum Gasteiger partial charge on any atom is -0.372 e. The lowest BCUT2D eigenvalue weighted by Crippen LogP contribution is -2.45. The van der Waals surface area contributed by atoms with Crippen LogP contribution in [0.4, 0.5) is 5.82 Å². The van der Waals surface area contributed by atoms with Gasteiger partial charge in [0.2, 0.25) is 0 Å². The predicted octanol–water partition coefficient (Wildman–Crippen LogP) is 3.38. The summed E-state index contributed by atoms with van der Waals surface area (Å²) in [5.74, 6) is 1.82. The number of pyridine rings is 1. The highest BCUT2D eigenvalue weighted by atomic mass is 127. The second-order valence-electron chi connectivity index (χ2n) is 7.42. The lowest BCUT2D eigenvalue weighted by Gasteiger charge is -2.36. The van der Waals surface area contributed by atoms with Crippen LogP contribution in [-0.2, 0) is 17.7 Å². The Bertz CT molecular complexity index is 787. The number of rotatable bonds is 7. The lowest BCUT2D eigenvalue weighted by atomic mass is 10.2. The third kappa shape index (κ3) is 7.66. The maximum Gasteiger partial charge on any atom is 0.191 e. The number of aliphatic imine (C=N–C) groups is 1. The molecule has 2 unspecified atom stereocenters. The number of nitrogens with one attached hydrogen (secondary N) is 2. The first-order chi connectivity index (χ1) is 14.0. The van der Waals surface area contributed by atoms with Crippen LogP contribution in [0.2, 0.25) is 0 Å². The number of hydrogen-bond acceptors (Lipinski definition) is 6. The van der Waals surface area contributed by atoms with Crippen molar-refractivity contribution >= 4 is 47.1 Å². The number of guanidine groups is 1. The Morgan fingerprint density at radius 3 is 2.63 bits per heavy atom. The topological polar surface area (TPSA) is 74.7 Å². The molecule has 0 saturated carbocycles. The second-order valence-corrected chi connectivity index (χ2v) is 8.48. The molecule has 0 radical (unpaired) electrons. The summed E-state index contributed by atoms with van der Waals surface area (Å²) in [4.78, 5) is 16.1.